The van der Waals surface area contributed by atoms with Gasteiger partial charge in [0.1, 0.15) is 35.2 Å². The monoisotopic (exact) mass is 511 g/mol. The van der Waals surface area contributed by atoms with Gasteiger partial charge in [-0.2, -0.15) is 0 Å². The summed E-state index contributed by atoms with van der Waals surface area (Å²) >= 11 is 1.32. The Labute approximate surface area is 207 Å². The fraction of sp³-hybridized carbons (Fsp3) is 0.227. The van der Waals surface area contributed by atoms with Crippen molar-refractivity contribution in [1.82, 2.24) is 29.8 Å². The Morgan fingerprint density at radius 2 is 2.03 bits per heavy atom. The van der Waals surface area contributed by atoms with E-state index in [-0.39, 0.29) is 17.9 Å². The van der Waals surface area contributed by atoms with E-state index in [2.05, 4.69) is 25.3 Å². The molecule has 14 heteroatoms. The molecule has 0 spiro atoms. The summed E-state index contributed by atoms with van der Waals surface area (Å²) in [6, 6.07) is 2.76. The van der Waals surface area contributed by atoms with Crippen molar-refractivity contribution >= 4 is 34.2 Å². The number of nitrogen functional groups attached to an aromatic ring is 1. The Balaban J connectivity index is 1.25. The predicted octanol–water partition coefficient (Wildman–Crippen LogP) is 0.549. The van der Waals surface area contributed by atoms with Crippen molar-refractivity contribution in [3.63, 3.8) is 0 Å². The van der Waals surface area contributed by atoms with Gasteiger partial charge in [0.25, 0.3) is 5.91 Å². The molecule has 4 unspecified atom stereocenters. The maximum atomic E-state index is 12.6. The van der Waals surface area contributed by atoms with Gasteiger partial charge in [-0.05, 0) is 12.1 Å². The molecule has 4 aromatic rings. The van der Waals surface area contributed by atoms with Crippen LogP contribution in [0.1, 0.15) is 16.6 Å². The summed E-state index contributed by atoms with van der Waals surface area (Å²) in [6.07, 6.45) is 2.89. The van der Waals surface area contributed by atoms with E-state index in [4.69, 9.17) is 10.5 Å². The zero-order valence-corrected chi connectivity index (χ0v) is 19.3. The van der Waals surface area contributed by atoms with Crippen LogP contribution >= 0.6 is 11.3 Å². The van der Waals surface area contributed by atoms with E-state index in [0.29, 0.717) is 21.7 Å². The van der Waals surface area contributed by atoms with Gasteiger partial charge in [-0.3, -0.25) is 9.36 Å². The lowest BCUT2D eigenvalue weighted by Gasteiger charge is -2.16. The van der Waals surface area contributed by atoms with Crippen LogP contribution in [0.15, 0.2) is 48.5 Å². The van der Waals surface area contributed by atoms with Crippen LogP contribution in [0.4, 0.5) is 5.82 Å². The highest BCUT2D eigenvalue weighted by molar-refractivity contribution is 7.13. The van der Waals surface area contributed by atoms with Gasteiger partial charge in [0, 0.05) is 23.7 Å². The number of hydrogen-bond donors (Lipinski definition) is 6. The number of carbonyl (C=O) groups is 1. The van der Waals surface area contributed by atoms with Gasteiger partial charge in [-0.25, -0.2) is 19.9 Å². The lowest BCUT2D eigenvalue weighted by Crippen LogP contribution is -2.31. The molecule has 0 saturated carbocycles. The quantitative estimate of drug-likeness (QED) is 0.156. The standard InChI is InChI=1S/C22H21N7O6S/c23-18-14-19(27-8-26-18)29(9-28-14)22-17(33)16(32)13(35-22)2-1-3-24-20(34)11-6-10(7-12(30)15(11)31)21-25-4-5-36-21/h1-2,4-9,13,16-17,22,30-33H,3H2,(H,24,34)(H2,23,26,27)/b2-1+. The highest BCUT2D eigenvalue weighted by Crippen LogP contribution is 2.35. The first kappa shape index (κ1) is 23.6. The number of phenolic OH excluding ortho intramolecular Hbond substituents is 2. The molecule has 5 rings (SSSR count). The highest BCUT2D eigenvalue weighted by atomic mass is 32.1. The first-order valence-electron chi connectivity index (χ1n) is 10.7. The number of imidazole rings is 1. The number of ether oxygens (including phenoxy) is 1. The van der Waals surface area contributed by atoms with Crippen LogP contribution in [0, 0.1) is 0 Å². The van der Waals surface area contributed by atoms with Crippen LogP contribution in [0.2, 0.25) is 0 Å². The number of nitrogens with two attached hydrogens (primary N) is 1. The molecule has 0 aliphatic carbocycles. The van der Waals surface area contributed by atoms with Crippen molar-refractivity contribution in [2.75, 3.05) is 12.3 Å². The van der Waals surface area contributed by atoms with E-state index in [9.17, 15) is 25.2 Å². The molecular formula is C22H21N7O6S. The number of thiazole rings is 1. The minimum Gasteiger partial charge on any atom is -0.504 e. The number of phenols is 2. The first-order chi connectivity index (χ1) is 17.3. The molecule has 1 aliphatic heterocycles. The van der Waals surface area contributed by atoms with Crippen molar-refractivity contribution < 1.29 is 30.0 Å². The summed E-state index contributed by atoms with van der Waals surface area (Å²) in [5.74, 6) is -1.44. The molecule has 0 radical (unpaired) electrons. The van der Waals surface area contributed by atoms with E-state index in [0.717, 1.165) is 0 Å². The molecule has 13 nitrogen and oxygen atoms in total. The summed E-state index contributed by atoms with van der Waals surface area (Å²) in [4.78, 5) is 28.9. The third-order valence-corrected chi connectivity index (χ3v) is 6.48. The van der Waals surface area contributed by atoms with Gasteiger partial charge in [0.2, 0.25) is 0 Å². The number of hydrogen-bond acceptors (Lipinski definition) is 12. The Morgan fingerprint density at radius 1 is 1.19 bits per heavy atom. The molecular weight excluding hydrogens is 490 g/mol. The van der Waals surface area contributed by atoms with Crippen LogP contribution in [-0.4, -0.2) is 75.7 Å². The number of benzene rings is 1. The van der Waals surface area contributed by atoms with Crippen molar-refractivity contribution in [1.29, 1.82) is 0 Å². The minimum absolute atomic E-state index is 0.0195. The van der Waals surface area contributed by atoms with Crippen molar-refractivity contribution in [2.24, 2.45) is 0 Å². The van der Waals surface area contributed by atoms with Gasteiger partial charge in [0.15, 0.2) is 29.2 Å². The van der Waals surface area contributed by atoms with Gasteiger partial charge >= 0.3 is 0 Å². The van der Waals surface area contributed by atoms with Gasteiger partial charge in [0.05, 0.1) is 11.9 Å². The summed E-state index contributed by atoms with van der Waals surface area (Å²) in [6.45, 7) is 0.0195. The van der Waals surface area contributed by atoms with Crippen molar-refractivity contribution in [3.8, 4) is 22.1 Å². The number of carbonyl (C=O) groups excluding carboxylic acids is 1. The molecule has 1 saturated heterocycles. The molecule has 3 aromatic heterocycles. The van der Waals surface area contributed by atoms with Crippen LogP contribution in [0.5, 0.6) is 11.5 Å². The average Bonchev–Trinajstić information content (AvgIpc) is 3.60. The SMILES string of the molecule is Nc1ncnc2c1ncn2C1OC(/C=C/CNC(=O)c2cc(-c3nccs3)cc(O)c2O)C(O)C1O. The van der Waals surface area contributed by atoms with Crippen LogP contribution < -0.4 is 11.1 Å². The van der Waals surface area contributed by atoms with Gasteiger partial charge < -0.3 is 36.2 Å². The molecule has 7 N–H and O–H groups in total. The highest BCUT2D eigenvalue weighted by Gasteiger charge is 2.43. The molecule has 186 valence electrons. The Kier molecular flexibility index (Phi) is 6.24. The zero-order chi connectivity index (χ0) is 25.4. The summed E-state index contributed by atoms with van der Waals surface area (Å²) in [7, 11) is 0. The van der Waals surface area contributed by atoms with Crippen molar-refractivity contribution in [3.05, 3.63) is 54.1 Å². The van der Waals surface area contributed by atoms with Gasteiger partial charge in [-0.15, -0.1) is 11.3 Å². The molecule has 0 bridgehead atoms. The third-order valence-electron chi connectivity index (χ3n) is 5.66. The number of aromatic nitrogens is 5. The van der Waals surface area contributed by atoms with E-state index < -0.39 is 41.9 Å². The zero-order valence-electron chi connectivity index (χ0n) is 18.5. The molecule has 1 aromatic carbocycles. The molecule has 1 fully saturated rings. The second-order valence-electron chi connectivity index (χ2n) is 7.92. The molecule has 1 aliphatic rings. The number of aromatic hydroxyl groups is 2. The fourth-order valence-electron chi connectivity index (χ4n) is 3.86. The third kappa shape index (κ3) is 4.22. The summed E-state index contributed by atoms with van der Waals surface area (Å²) < 4.78 is 7.27. The minimum atomic E-state index is -1.28. The second-order valence-corrected chi connectivity index (χ2v) is 8.82. The summed E-state index contributed by atoms with van der Waals surface area (Å²) in [5.41, 5.74) is 6.86. The largest absolute Gasteiger partial charge is 0.504 e. The predicted molar refractivity (Wildman–Crippen MR) is 128 cm³/mol. The summed E-state index contributed by atoms with van der Waals surface area (Å²) in [5, 5.41) is 46.1. The first-order valence-corrected chi connectivity index (χ1v) is 11.6. The van der Waals surface area contributed by atoms with Crippen LogP contribution in [-0.2, 0) is 4.74 Å². The lowest BCUT2D eigenvalue weighted by molar-refractivity contribution is -0.0245. The number of rotatable bonds is 6. The molecule has 1 amide bonds. The van der Waals surface area contributed by atoms with Gasteiger partial charge in [-0.1, -0.05) is 12.2 Å². The Bertz CT molecular complexity index is 1440. The normalized spacial score (nSPS) is 21.9. The lowest BCUT2D eigenvalue weighted by atomic mass is 10.1. The van der Waals surface area contributed by atoms with E-state index in [1.165, 1.54) is 52.8 Å². The number of nitrogens with one attached hydrogen (secondary N) is 1. The number of nitrogens with zero attached hydrogens (tertiary/aromatic N) is 5. The Hall–Kier alpha value is -4.11. The fourth-order valence-corrected chi connectivity index (χ4v) is 4.49. The number of fused-ring (bicyclic) bond motifs is 1. The number of amides is 1. The van der Waals surface area contributed by atoms with E-state index >= 15 is 0 Å². The van der Waals surface area contributed by atoms with Crippen LogP contribution in [0.3, 0.4) is 0 Å². The maximum Gasteiger partial charge on any atom is 0.255 e. The van der Waals surface area contributed by atoms with E-state index in [1.807, 2.05) is 0 Å². The average molecular weight is 512 g/mol. The number of anilines is 1. The second kappa shape index (κ2) is 9.50. The van der Waals surface area contributed by atoms with E-state index in [1.54, 1.807) is 11.6 Å². The molecule has 36 heavy (non-hydrogen) atoms. The Morgan fingerprint density at radius 3 is 2.81 bits per heavy atom. The smallest absolute Gasteiger partial charge is 0.255 e. The van der Waals surface area contributed by atoms with Crippen molar-refractivity contribution in [2.45, 2.75) is 24.5 Å². The maximum absolute atomic E-state index is 12.6. The molecule has 4 heterocycles. The number of aliphatic hydroxyl groups excluding tert-OH is 2. The molecule has 4 atom stereocenters. The topological polar surface area (TPSA) is 202 Å². The number of aliphatic hydroxyl groups is 2. The van der Waals surface area contributed by atoms with Crippen LogP contribution in [0.25, 0.3) is 21.7 Å².